The van der Waals surface area contributed by atoms with Crippen LogP contribution in [0.3, 0.4) is 0 Å². The molecule has 0 amide bonds. The zero-order chi connectivity index (χ0) is 17.9. The van der Waals surface area contributed by atoms with Gasteiger partial charge in [0.25, 0.3) is 0 Å². The van der Waals surface area contributed by atoms with E-state index < -0.39 is 0 Å². The molecule has 130 valence electrons. The summed E-state index contributed by atoms with van der Waals surface area (Å²) in [6, 6.07) is 4.04. The third-order valence-electron chi connectivity index (χ3n) is 3.90. The van der Waals surface area contributed by atoms with Crippen molar-refractivity contribution in [2.75, 3.05) is 18.0 Å². The van der Waals surface area contributed by atoms with Crippen molar-refractivity contribution in [2.45, 2.75) is 47.6 Å². The van der Waals surface area contributed by atoms with Gasteiger partial charge < -0.3 is 9.64 Å². The Balaban J connectivity index is 2.53. The number of benzene rings is 1. The molecule has 1 heterocycles. The minimum absolute atomic E-state index is 0.133. The Labute approximate surface area is 148 Å². The molecule has 0 radical (unpaired) electrons. The molecule has 24 heavy (non-hydrogen) atoms. The Bertz CT molecular complexity index is 695. The summed E-state index contributed by atoms with van der Waals surface area (Å²) in [7, 11) is 0. The van der Waals surface area contributed by atoms with Gasteiger partial charge in [-0.1, -0.05) is 11.3 Å². The molecule has 5 heteroatoms. The predicted octanol–water partition coefficient (Wildman–Crippen LogP) is 4.87. The van der Waals surface area contributed by atoms with Crippen molar-refractivity contribution in [1.82, 2.24) is 4.98 Å². The van der Waals surface area contributed by atoms with Crippen molar-refractivity contribution in [2.24, 2.45) is 0 Å². The van der Waals surface area contributed by atoms with Crippen LogP contribution in [0.1, 0.15) is 48.5 Å². The molecule has 0 saturated heterocycles. The number of thiazole rings is 1. The number of aryl methyl sites for hydroxylation is 2. The van der Waals surface area contributed by atoms with Gasteiger partial charge in [-0.2, -0.15) is 0 Å². The zero-order valence-corrected chi connectivity index (χ0v) is 16.2. The Morgan fingerprint density at radius 1 is 1.21 bits per heavy atom. The van der Waals surface area contributed by atoms with Crippen LogP contribution in [0.2, 0.25) is 0 Å². The van der Waals surface area contributed by atoms with Gasteiger partial charge >= 0.3 is 0 Å². The fourth-order valence-electron chi connectivity index (χ4n) is 2.85. The van der Waals surface area contributed by atoms with E-state index >= 15 is 0 Å². The molecule has 2 rings (SSSR count). The van der Waals surface area contributed by atoms with Crippen molar-refractivity contribution in [3.63, 3.8) is 0 Å². The molecule has 0 aliphatic heterocycles. The lowest BCUT2D eigenvalue weighted by Crippen LogP contribution is -2.21. The van der Waals surface area contributed by atoms with E-state index in [-0.39, 0.29) is 6.10 Å². The van der Waals surface area contributed by atoms with Gasteiger partial charge in [-0.05, 0) is 64.8 Å². The van der Waals surface area contributed by atoms with Gasteiger partial charge in [-0.25, -0.2) is 4.98 Å². The van der Waals surface area contributed by atoms with Crippen LogP contribution in [-0.2, 0) is 0 Å². The Morgan fingerprint density at radius 2 is 1.79 bits per heavy atom. The first-order chi connectivity index (χ1) is 11.4. The first-order valence-electron chi connectivity index (χ1n) is 8.40. The summed E-state index contributed by atoms with van der Waals surface area (Å²) < 4.78 is 5.81. The molecule has 0 fully saturated rings. The normalized spacial score (nSPS) is 11.0. The first-order valence-corrected chi connectivity index (χ1v) is 9.22. The van der Waals surface area contributed by atoms with Gasteiger partial charge in [-0.15, -0.1) is 0 Å². The van der Waals surface area contributed by atoms with Gasteiger partial charge in [0.15, 0.2) is 11.4 Å². The molecule has 0 spiro atoms. The molecule has 1 aromatic heterocycles. The highest BCUT2D eigenvalue weighted by Crippen LogP contribution is 2.37. The van der Waals surface area contributed by atoms with Crippen molar-refractivity contribution in [1.29, 1.82) is 0 Å². The SMILES string of the molecule is CCN(CC)c1nc(-c2c(C)cc(OC(C)C)cc2C)c(C=O)s1. The van der Waals surface area contributed by atoms with Gasteiger partial charge in [0.1, 0.15) is 5.75 Å². The number of anilines is 1. The van der Waals surface area contributed by atoms with Crippen molar-refractivity contribution < 1.29 is 9.53 Å². The number of hydrogen-bond donors (Lipinski definition) is 0. The molecular formula is C19H26N2O2S. The van der Waals surface area contributed by atoms with E-state index in [2.05, 4.69) is 18.7 Å². The number of carbonyl (C=O) groups excluding carboxylic acids is 1. The van der Waals surface area contributed by atoms with E-state index in [9.17, 15) is 4.79 Å². The van der Waals surface area contributed by atoms with E-state index in [4.69, 9.17) is 9.72 Å². The van der Waals surface area contributed by atoms with Crippen LogP contribution in [0, 0.1) is 13.8 Å². The molecule has 0 saturated carbocycles. The zero-order valence-electron chi connectivity index (χ0n) is 15.3. The largest absolute Gasteiger partial charge is 0.491 e. The summed E-state index contributed by atoms with van der Waals surface area (Å²) in [5.74, 6) is 0.857. The van der Waals surface area contributed by atoms with Crippen LogP contribution in [-0.4, -0.2) is 30.5 Å². The minimum atomic E-state index is 0.133. The maximum Gasteiger partial charge on any atom is 0.186 e. The second-order valence-corrected chi connectivity index (χ2v) is 7.11. The fraction of sp³-hybridized carbons (Fsp3) is 0.474. The molecule has 0 N–H and O–H groups in total. The number of aldehydes is 1. The maximum absolute atomic E-state index is 11.6. The number of aromatic nitrogens is 1. The van der Waals surface area contributed by atoms with E-state index in [1.54, 1.807) is 0 Å². The fourth-order valence-corrected chi connectivity index (χ4v) is 3.86. The highest BCUT2D eigenvalue weighted by atomic mass is 32.1. The second-order valence-electron chi connectivity index (χ2n) is 6.10. The molecule has 0 bridgehead atoms. The van der Waals surface area contributed by atoms with Crippen LogP contribution in [0.5, 0.6) is 5.75 Å². The monoisotopic (exact) mass is 346 g/mol. The molecule has 0 unspecified atom stereocenters. The molecule has 4 nitrogen and oxygen atoms in total. The van der Waals surface area contributed by atoms with Crippen LogP contribution in [0.25, 0.3) is 11.3 Å². The number of hydrogen-bond acceptors (Lipinski definition) is 5. The first kappa shape index (κ1) is 18.5. The van der Waals surface area contributed by atoms with Gasteiger partial charge in [0, 0.05) is 18.7 Å². The number of carbonyl (C=O) groups is 1. The number of ether oxygens (including phenoxy) is 1. The third kappa shape index (κ3) is 3.78. The second kappa shape index (κ2) is 7.79. The van der Waals surface area contributed by atoms with Crippen molar-refractivity contribution >= 4 is 22.8 Å². The van der Waals surface area contributed by atoms with Crippen LogP contribution >= 0.6 is 11.3 Å². The van der Waals surface area contributed by atoms with E-state index in [0.29, 0.717) is 4.88 Å². The lowest BCUT2D eigenvalue weighted by molar-refractivity contribution is 0.112. The summed E-state index contributed by atoms with van der Waals surface area (Å²) in [5.41, 5.74) is 3.96. The average Bonchev–Trinajstić information content (AvgIpc) is 2.91. The Hall–Kier alpha value is -1.88. The lowest BCUT2D eigenvalue weighted by Gasteiger charge is -2.17. The Kier molecular flexibility index (Phi) is 5.99. The summed E-state index contributed by atoms with van der Waals surface area (Å²) in [6.45, 7) is 14.1. The van der Waals surface area contributed by atoms with E-state index in [1.807, 2.05) is 39.8 Å². The van der Waals surface area contributed by atoms with Gasteiger partial charge in [-0.3, -0.25) is 4.79 Å². The quantitative estimate of drug-likeness (QED) is 0.671. The standard InChI is InChI=1S/C19H26N2O2S/c1-7-21(8-2)19-20-18(16(11-22)24-19)17-13(5)9-15(10-14(17)6)23-12(3)4/h9-12H,7-8H2,1-6H3. The van der Waals surface area contributed by atoms with Gasteiger partial charge in [0.2, 0.25) is 0 Å². The van der Waals surface area contributed by atoms with Crippen LogP contribution < -0.4 is 9.64 Å². The van der Waals surface area contributed by atoms with Crippen LogP contribution in [0.4, 0.5) is 5.13 Å². The highest BCUT2D eigenvalue weighted by Gasteiger charge is 2.19. The average molecular weight is 346 g/mol. The molecule has 2 aromatic rings. The molecule has 0 atom stereocenters. The van der Waals surface area contributed by atoms with Crippen molar-refractivity contribution in [3.05, 3.63) is 28.1 Å². The smallest absolute Gasteiger partial charge is 0.186 e. The molecule has 0 aliphatic rings. The minimum Gasteiger partial charge on any atom is -0.491 e. The van der Waals surface area contributed by atoms with Crippen molar-refractivity contribution in [3.8, 4) is 17.0 Å². The summed E-state index contributed by atoms with van der Waals surface area (Å²) in [4.78, 5) is 19.2. The van der Waals surface area contributed by atoms with Gasteiger partial charge in [0.05, 0.1) is 16.7 Å². The maximum atomic E-state index is 11.6. The van der Waals surface area contributed by atoms with E-state index in [0.717, 1.165) is 52.6 Å². The number of nitrogens with zero attached hydrogens (tertiary/aromatic N) is 2. The predicted molar refractivity (Wildman–Crippen MR) is 102 cm³/mol. The number of rotatable bonds is 7. The summed E-state index contributed by atoms with van der Waals surface area (Å²) >= 11 is 1.46. The highest BCUT2D eigenvalue weighted by molar-refractivity contribution is 7.17. The Morgan fingerprint density at radius 3 is 2.25 bits per heavy atom. The molecular weight excluding hydrogens is 320 g/mol. The molecule has 0 aliphatic carbocycles. The van der Waals surface area contributed by atoms with Crippen LogP contribution in [0.15, 0.2) is 12.1 Å². The third-order valence-corrected chi connectivity index (χ3v) is 4.94. The molecule has 1 aromatic carbocycles. The summed E-state index contributed by atoms with van der Waals surface area (Å²) in [6.07, 6.45) is 1.05. The topological polar surface area (TPSA) is 42.4 Å². The summed E-state index contributed by atoms with van der Waals surface area (Å²) in [5, 5.41) is 0.901. The lowest BCUT2D eigenvalue weighted by atomic mass is 9.99. The van der Waals surface area contributed by atoms with E-state index in [1.165, 1.54) is 11.3 Å².